The lowest BCUT2D eigenvalue weighted by molar-refractivity contribution is 0.281. The molecule has 0 aromatic heterocycles. The van der Waals surface area contributed by atoms with Gasteiger partial charge in [-0.15, -0.1) is 0 Å². The average molecular weight is 290 g/mol. The van der Waals surface area contributed by atoms with Crippen LogP contribution in [0, 0.1) is 5.92 Å². The molecule has 0 saturated heterocycles. The van der Waals surface area contributed by atoms with Gasteiger partial charge < -0.3 is 5.11 Å². The molecule has 1 fully saturated rings. The largest absolute Gasteiger partial charge is 0.392 e. The Labute approximate surface area is 112 Å². The van der Waals surface area contributed by atoms with Gasteiger partial charge in [0.1, 0.15) is 4.90 Å². The quantitative estimate of drug-likeness (QED) is 0.900. The molecule has 100 valence electrons. The summed E-state index contributed by atoms with van der Waals surface area (Å²) in [6.45, 7) is 0.327. The van der Waals surface area contributed by atoms with Crippen molar-refractivity contribution < 1.29 is 13.5 Å². The lowest BCUT2D eigenvalue weighted by Gasteiger charge is -2.18. The summed E-state index contributed by atoms with van der Waals surface area (Å²) in [5.74, 6) is 0.476. The SMILES string of the molecule is CN(CC1CC1)S(=O)(=O)c1cc(CO)ccc1Cl. The van der Waals surface area contributed by atoms with E-state index in [4.69, 9.17) is 16.7 Å². The van der Waals surface area contributed by atoms with E-state index in [1.807, 2.05) is 0 Å². The first kappa shape index (κ1) is 13.8. The van der Waals surface area contributed by atoms with Crippen molar-refractivity contribution in [2.45, 2.75) is 24.3 Å². The van der Waals surface area contributed by atoms with Gasteiger partial charge in [-0.2, -0.15) is 0 Å². The van der Waals surface area contributed by atoms with Gasteiger partial charge in [-0.25, -0.2) is 12.7 Å². The second-order valence-electron chi connectivity index (χ2n) is 4.65. The predicted molar refractivity (Wildman–Crippen MR) is 69.9 cm³/mol. The molecule has 0 spiro atoms. The Morgan fingerprint density at radius 1 is 1.44 bits per heavy atom. The second-order valence-corrected chi connectivity index (χ2v) is 7.07. The van der Waals surface area contributed by atoms with Crippen LogP contribution in [0.1, 0.15) is 18.4 Å². The molecule has 1 aromatic rings. The first-order valence-corrected chi connectivity index (χ1v) is 7.62. The van der Waals surface area contributed by atoms with Crippen LogP contribution in [-0.4, -0.2) is 31.4 Å². The van der Waals surface area contributed by atoms with Crippen molar-refractivity contribution in [2.24, 2.45) is 5.92 Å². The third kappa shape index (κ3) is 2.85. The van der Waals surface area contributed by atoms with Crippen LogP contribution in [0.3, 0.4) is 0 Å². The zero-order valence-electron chi connectivity index (χ0n) is 10.1. The van der Waals surface area contributed by atoms with Gasteiger partial charge in [-0.1, -0.05) is 17.7 Å². The van der Waals surface area contributed by atoms with Gasteiger partial charge in [0.05, 0.1) is 11.6 Å². The zero-order chi connectivity index (χ0) is 13.3. The van der Waals surface area contributed by atoms with Crippen LogP contribution < -0.4 is 0 Å². The van der Waals surface area contributed by atoms with Gasteiger partial charge in [0.15, 0.2) is 0 Å². The van der Waals surface area contributed by atoms with Crippen molar-refractivity contribution in [3.8, 4) is 0 Å². The lowest BCUT2D eigenvalue weighted by Crippen LogP contribution is -2.29. The molecule has 0 radical (unpaired) electrons. The van der Waals surface area contributed by atoms with E-state index in [1.165, 1.54) is 16.4 Å². The van der Waals surface area contributed by atoms with E-state index in [0.717, 1.165) is 12.8 Å². The van der Waals surface area contributed by atoms with Crippen molar-refractivity contribution in [2.75, 3.05) is 13.6 Å². The van der Waals surface area contributed by atoms with Crippen LogP contribution >= 0.6 is 11.6 Å². The highest BCUT2D eigenvalue weighted by Gasteiger charge is 2.30. The second kappa shape index (κ2) is 5.17. The molecule has 1 N–H and O–H groups in total. The van der Waals surface area contributed by atoms with Crippen molar-refractivity contribution in [1.82, 2.24) is 4.31 Å². The van der Waals surface area contributed by atoms with Gasteiger partial charge in [-0.05, 0) is 36.5 Å². The van der Waals surface area contributed by atoms with E-state index in [2.05, 4.69) is 0 Å². The number of benzene rings is 1. The zero-order valence-corrected chi connectivity index (χ0v) is 11.7. The standard InChI is InChI=1S/C12H16ClNO3S/c1-14(7-9-2-3-9)18(16,17)12-6-10(8-15)4-5-11(12)13/h4-6,9,15H,2-3,7-8H2,1H3. The van der Waals surface area contributed by atoms with E-state index >= 15 is 0 Å². The fourth-order valence-corrected chi connectivity index (χ4v) is 3.54. The average Bonchev–Trinajstić information content (AvgIpc) is 3.13. The smallest absolute Gasteiger partial charge is 0.244 e. The lowest BCUT2D eigenvalue weighted by atomic mass is 10.2. The first-order valence-electron chi connectivity index (χ1n) is 5.81. The Morgan fingerprint density at radius 2 is 2.11 bits per heavy atom. The molecule has 0 heterocycles. The highest BCUT2D eigenvalue weighted by Crippen LogP contribution is 2.32. The highest BCUT2D eigenvalue weighted by atomic mass is 35.5. The van der Waals surface area contributed by atoms with E-state index in [0.29, 0.717) is 18.0 Å². The Balaban J connectivity index is 2.32. The summed E-state index contributed by atoms with van der Waals surface area (Å²) in [5.41, 5.74) is 0.540. The molecule has 0 atom stereocenters. The number of aliphatic hydroxyl groups is 1. The van der Waals surface area contributed by atoms with E-state index in [9.17, 15) is 8.42 Å². The molecular formula is C12H16ClNO3S. The van der Waals surface area contributed by atoms with Crippen LogP contribution in [0.4, 0.5) is 0 Å². The summed E-state index contributed by atoms with van der Waals surface area (Å²) in [6.07, 6.45) is 2.18. The van der Waals surface area contributed by atoms with Crippen molar-refractivity contribution in [1.29, 1.82) is 0 Å². The molecular weight excluding hydrogens is 274 g/mol. The maximum absolute atomic E-state index is 12.3. The molecule has 1 aliphatic rings. The molecule has 6 heteroatoms. The molecule has 0 bridgehead atoms. The molecule has 1 aromatic carbocycles. The Hall–Kier alpha value is -0.620. The van der Waals surface area contributed by atoms with Crippen LogP contribution in [0.5, 0.6) is 0 Å². The summed E-state index contributed by atoms with van der Waals surface area (Å²) in [5, 5.41) is 9.25. The highest BCUT2D eigenvalue weighted by molar-refractivity contribution is 7.89. The number of hydrogen-bond donors (Lipinski definition) is 1. The van der Waals surface area contributed by atoms with Crippen molar-refractivity contribution in [3.63, 3.8) is 0 Å². The third-order valence-electron chi connectivity index (χ3n) is 3.08. The van der Waals surface area contributed by atoms with Gasteiger partial charge in [0, 0.05) is 13.6 Å². The monoisotopic (exact) mass is 289 g/mol. The topological polar surface area (TPSA) is 57.6 Å². The molecule has 1 aliphatic carbocycles. The van der Waals surface area contributed by atoms with Crippen LogP contribution in [-0.2, 0) is 16.6 Å². The first-order chi connectivity index (χ1) is 8.45. The van der Waals surface area contributed by atoms with E-state index in [1.54, 1.807) is 13.1 Å². The van der Waals surface area contributed by atoms with Crippen molar-refractivity contribution in [3.05, 3.63) is 28.8 Å². The molecule has 18 heavy (non-hydrogen) atoms. The predicted octanol–water partition coefficient (Wildman–Crippen LogP) is 1.86. The fraction of sp³-hybridized carbons (Fsp3) is 0.500. The van der Waals surface area contributed by atoms with E-state index < -0.39 is 10.0 Å². The molecule has 0 amide bonds. The molecule has 2 rings (SSSR count). The molecule has 0 unspecified atom stereocenters. The minimum Gasteiger partial charge on any atom is -0.392 e. The number of aliphatic hydroxyl groups excluding tert-OH is 1. The summed E-state index contributed by atoms with van der Waals surface area (Å²) in [4.78, 5) is 0.0684. The van der Waals surface area contributed by atoms with Crippen molar-refractivity contribution >= 4 is 21.6 Å². The molecule has 0 aliphatic heterocycles. The van der Waals surface area contributed by atoms with Crippen LogP contribution in [0.25, 0.3) is 0 Å². The minimum atomic E-state index is -3.57. The summed E-state index contributed by atoms with van der Waals surface area (Å²) in [7, 11) is -2.00. The van der Waals surface area contributed by atoms with Crippen LogP contribution in [0.2, 0.25) is 5.02 Å². The summed E-state index contributed by atoms with van der Waals surface area (Å²) in [6, 6.07) is 4.55. The summed E-state index contributed by atoms with van der Waals surface area (Å²) >= 11 is 5.95. The number of rotatable bonds is 5. The maximum Gasteiger partial charge on any atom is 0.244 e. The molecule has 1 saturated carbocycles. The Kier molecular flexibility index (Phi) is 3.96. The van der Waals surface area contributed by atoms with Gasteiger partial charge in [0.25, 0.3) is 0 Å². The number of hydrogen-bond acceptors (Lipinski definition) is 3. The minimum absolute atomic E-state index is 0.0684. The van der Waals surface area contributed by atoms with Gasteiger partial charge >= 0.3 is 0 Å². The Morgan fingerprint density at radius 3 is 2.67 bits per heavy atom. The third-order valence-corrected chi connectivity index (χ3v) is 5.38. The molecule has 4 nitrogen and oxygen atoms in total. The fourth-order valence-electron chi connectivity index (χ4n) is 1.77. The maximum atomic E-state index is 12.3. The number of nitrogens with zero attached hydrogens (tertiary/aromatic N) is 1. The van der Waals surface area contributed by atoms with E-state index in [-0.39, 0.29) is 16.5 Å². The Bertz CT molecular complexity index is 540. The number of halogens is 1. The summed E-state index contributed by atoms with van der Waals surface area (Å²) < 4.78 is 26.0. The van der Waals surface area contributed by atoms with Crippen LogP contribution in [0.15, 0.2) is 23.1 Å². The van der Waals surface area contributed by atoms with Gasteiger partial charge in [0.2, 0.25) is 10.0 Å². The van der Waals surface area contributed by atoms with Gasteiger partial charge in [-0.3, -0.25) is 0 Å². The number of sulfonamides is 1. The normalized spacial score (nSPS) is 16.2.